The summed E-state index contributed by atoms with van der Waals surface area (Å²) in [5.41, 5.74) is 2.32. The van der Waals surface area contributed by atoms with Crippen molar-refractivity contribution in [1.29, 1.82) is 0 Å². The minimum absolute atomic E-state index is 0.0722. The van der Waals surface area contributed by atoms with Gasteiger partial charge in [-0.3, -0.25) is 4.79 Å². The van der Waals surface area contributed by atoms with Crippen LogP contribution in [0.1, 0.15) is 37.0 Å². The van der Waals surface area contributed by atoms with Crippen molar-refractivity contribution >= 4 is 5.91 Å². The van der Waals surface area contributed by atoms with E-state index in [1.54, 1.807) is 7.11 Å². The molecule has 17 heavy (non-hydrogen) atoms. The molecule has 0 spiro atoms. The molecule has 1 atom stereocenters. The summed E-state index contributed by atoms with van der Waals surface area (Å²) in [5, 5.41) is 2.90. The van der Waals surface area contributed by atoms with E-state index in [4.69, 9.17) is 4.74 Å². The van der Waals surface area contributed by atoms with Crippen molar-refractivity contribution in [2.75, 3.05) is 13.7 Å². The van der Waals surface area contributed by atoms with Crippen LogP contribution in [0, 0.1) is 6.92 Å². The van der Waals surface area contributed by atoms with Crippen molar-refractivity contribution in [2.24, 2.45) is 0 Å². The lowest BCUT2D eigenvalue weighted by atomic mass is 10.0. The maximum atomic E-state index is 11.4. The maximum Gasteiger partial charge on any atom is 0.220 e. The molecule has 3 heteroatoms. The van der Waals surface area contributed by atoms with E-state index in [1.807, 2.05) is 25.1 Å². The Labute approximate surface area is 103 Å². The fourth-order valence-corrected chi connectivity index (χ4v) is 1.79. The second-order valence-corrected chi connectivity index (χ2v) is 4.14. The van der Waals surface area contributed by atoms with Gasteiger partial charge in [0, 0.05) is 20.1 Å². The van der Waals surface area contributed by atoms with Crippen LogP contribution in [0.5, 0.6) is 0 Å². The predicted octanol–water partition coefficient (Wildman–Crippen LogP) is 2.60. The van der Waals surface area contributed by atoms with Gasteiger partial charge >= 0.3 is 0 Å². The largest absolute Gasteiger partial charge is 0.375 e. The second kappa shape index (κ2) is 7.07. The third-order valence-electron chi connectivity index (χ3n) is 2.78. The van der Waals surface area contributed by atoms with E-state index in [0.29, 0.717) is 13.0 Å². The highest BCUT2D eigenvalue weighted by Gasteiger charge is 2.13. The monoisotopic (exact) mass is 235 g/mol. The van der Waals surface area contributed by atoms with Gasteiger partial charge in [0.25, 0.3) is 0 Å². The van der Waals surface area contributed by atoms with Crippen molar-refractivity contribution in [3.05, 3.63) is 35.4 Å². The smallest absolute Gasteiger partial charge is 0.220 e. The zero-order chi connectivity index (χ0) is 12.7. The van der Waals surface area contributed by atoms with Crippen molar-refractivity contribution < 1.29 is 9.53 Å². The number of amides is 1. The standard InChI is InChI=1S/C14H21NO2/c1-4-7-14(16)15-10-13(17-3)12-9-6-5-8-11(12)2/h5-6,8-9,13H,4,7,10H2,1-3H3,(H,15,16). The predicted molar refractivity (Wildman–Crippen MR) is 68.8 cm³/mol. The van der Waals surface area contributed by atoms with Gasteiger partial charge in [-0.2, -0.15) is 0 Å². The first-order chi connectivity index (χ1) is 8.19. The van der Waals surface area contributed by atoms with E-state index in [9.17, 15) is 4.79 Å². The van der Waals surface area contributed by atoms with Crippen molar-refractivity contribution in [1.82, 2.24) is 5.32 Å². The number of methoxy groups -OCH3 is 1. The van der Waals surface area contributed by atoms with E-state index in [-0.39, 0.29) is 12.0 Å². The van der Waals surface area contributed by atoms with E-state index in [2.05, 4.69) is 18.3 Å². The number of rotatable bonds is 6. The molecule has 0 bridgehead atoms. The Morgan fingerprint density at radius 3 is 2.71 bits per heavy atom. The minimum Gasteiger partial charge on any atom is -0.375 e. The Hall–Kier alpha value is -1.35. The van der Waals surface area contributed by atoms with Gasteiger partial charge in [-0.25, -0.2) is 0 Å². The Kier molecular flexibility index (Phi) is 5.70. The normalized spacial score (nSPS) is 12.2. The van der Waals surface area contributed by atoms with E-state index < -0.39 is 0 Å². The van der Waals surface area contributed by atoms with Crippen LogP contribution in [0.25, 0.3) is 0 Å². The van der Waals surface area contributed by atoms with E-state index in [1.165, 1.54) is 5.56 Å². The van der Waals surface area contributed by atoms with Crippen LogP contribution in [0.3, 0.4) is 0 Å². The molecule has 1 N–H and O–H groups in total. The van der Waals surface area contributed by atoms with Crippen LogP contribution in [0.2, 0.25) is 0 Å². The van der Waals surface area contributed by atoms with Crippen molar-refractivity contribution in [3.63, 3.8) is 0 Å². The number of nitrogens with one attached hydrogen (secondary N) is 1. The average Bonchev–Trinajstić information content (AvgIpc) is 2.32. The Morgan fingerprint density at radius 1 is 1.41 bits per heavy atom. The van der Waals surface area contributed by atoms with Crippen LogP contribution < -0.4 is 5.32 Å². The van der Waals surface area contributed by atoms with Gasteiger partial charge in [-0.05, 0) is 24.5 Å². The van der Waals surface area contributed by atoms with Gasteiger partial charge in [-0.1, -0.05) is 31.2 Å². The molecule has 1 aromatic carbocycles. The first-order valence-corrected chi connectivity index (χ1v) is 6.04. The molecule has 1 aromatic rings. The number of ether oxygens (including phenoxy) is 1. The molecule has 0 aliphatic heterocycles. The third kappa shape index (κ3) is 4.19. The van der Waals surface area contributed by atoms with Gasteiger partial charge in [0.1, 0.15) is 0 Å². The van der Waals surface area contributed by atoms with Crippen LogP contribution in [-0.2, 0) is 9.53 Å². The van der Waals surface area contributed by atoms with Crippen LogP contribution in [0.4, 0.5) is 0 Å². The highest BCUT2D eigenvalue weighted by Crippen LogP contribution is 2.19. The number of carbonyl (C=O) groups is 1. The topological polar surface area (TPSA) is 38.3 Å². The fraction of sp³-hybridized carbons (Fsp3) is 0.500. The Balaban J connectivity index is 2.60. The second-order valence-electron chi connectivity index (χ2n) is 4.14. The minimum atomic E-state index is -0.0722. The molecule has 0 aliphatic carbocycles. The molecule has 0 radical (unpaired) electrons. The average molecular weight is 235 g/mol. The van der Waals surface area contributed by atoms with E-state index >= 15 is 0 Å². The summed E-state index contributed by atoms with van der Waals surface area (Å²) in [6.07, 6.45) is 1.37. The number of benzene rings is 1. The summed E-state index contributed by atoms with van der Waals surface area (Å²) >= 11 is 0. The Bertz CT molecular complexity index is 363. The lowest BCUT2D eigenvalue weighted by Gasteiger charge is -2.18. The maximum absolute atomic E-state index is 11.4. The fourth-order valence-electron chi connectivity index (χ4n) is 1.79. The summed E-state index contributed by atoms with van der Waals surface area (Å²) in [6.45, 7) is 4.57. The first kappa shape index (κ1) is 13.7. The van der Waals surface area contributed by atoms with E-state index in [0.717, 1.165) is 12.0 Å². The molecule has 0 saturated heterocycles. The summed E-state index contributed by atoms with van der Waals surface area (Å²) in [4.78, 5) is 11.4. The summed E-state index contributed by atoms with van der Waals surface area (Å²) < 4.78 is 5.43. The molecule has 1 amide bonds. The van der Waals surface area contributed by atoms with Gasteiger partial charge in [-0.15, -0.1) is 0 Å². The SMILES string of the molecule is CCCC(=O)NCC(OC)c1ccccc1C. The van der Waals surface area contributed by atoms with Gasteiger partial charge < -0.3 is 10.1 Å². The first-order valence-electron chi connectivity index (χ1n) is 6.04. The zero-order valence-electron chi connectivity index (χ0n) is 10.8. The van der Waals surface area contributed by atoms with Crippen LogP contribution in [-0.4, -0.2) is 19.6 Å². The number of carbonyl (C=O) groups excluding carboxylic acids is 1. The van der Waals surface area contributed by atoms with Crippen molar-refractivity contribution in [2.45, 2.75) is 32.8 Å². The third-order valence-corrected chi connectivity index (χ3v) is 2.78. The summed E-state index contributed by atoms with van der Waals surface area (Å²) in [6, 6.07) is 8.08. The lowest BCUT2D eigenvalue weighted by molar-refractivity contribution is -0.121. The van der Waals surface area contributed by atoms with Crippen LogP contribution >= 0.6 is 0 Å². The number of hydrogen-bond acceptors (Lipinski definition) is 2. The Morgan fingerprint density at radius 2 is 2.12 bits per heavy atom. The van der Waals surface area contributed by atoms with Gasteiger partial charge in [0.2, 0.25) is 5.91 Å². The molecule has 0 fully saturated rings. The molecular weight excluding hydrogens is 214 g/mol. The highest BCUT2D eigenvalue weighted by atomic mass is 16.5. The van der Waals surface area contributed by atoms with Crippen molar-refractivity contribution in [3.8, 4) is 0 Å². The molecule has 1 rings (SSSR count). The molecule has 94 valence electrons. The molecule has 0 aromatic heterocycles. The van der Waals surface area contributed by atoms with Gasteiger partial charge in [0.05, 0.1) is 6.10 Å². The highest BCUT2D eigenvalue weighted by molar-refractivity contribution is 5.75. The molecule has 3 nitrogen and oxygen atoms in total. The quantitative estimate of drug-likeness (QED) is 0.823. The number of hydrogen-bond donors (Lipinski definition) is 1. The molecule has 0 aliphatic rings. The lowest BCUT2D eigenvalue weighted by Crippen LogP contribution is -2.29. The molecule has 1 unspecified atom stereocenters. The van der Waals surface area contributed by atoms with Crippen LogP contribution in [0.15, 0.2) is 24.3 Å². The molecule has 0 saturated carbocycles. The molecular formula is C14H21NO2. The zero-order valence-corrected chi connectivity index (χ0v) is 10.8. The van der Waals surface area contributed by atoms with Gasteiger partial charge in [0.15, 0.2) is 0 Å². The molecule has 0 heterocycles. The number of aryl methyl sites for hydroxylation is 1. The summed E-state index contributed by atoms with van der Waals surface area (Å²) in [7, 11) is 1.67. The summed E-state index contributed by atoms with van der Waals surface area (Å²) in [5.74, 6) is 0.0862.